The van der Waals surface area contributed by atoms with Gasteiger partial charge in [-0.05, 0) is 12.8 Å². The van der Waals surface area contributed by atoms with Gasteiger partial charge in [-0.1, -0.05) is 0 Å². The van der Waals surface area contributed by atoms with Crippen LogP contribution in [0.25, 0.3) is 0 Å². The normalized spacial score (nSPS) is 34.2. The highest BCUT2D eigenvalue weighted by atomic mass is 32.2. The molecule has 110 valence electrons. The minimum Gasteiger partial charge on any atom is -0.469 e. The monoisotopic (exact) mass is 292 g/mol. The Hall–Kier alpha value is -0.700. The van der Waals surface area contributed by atoms with Crippen molar-refractivity contribution in [1.29, 1.82) is 0 Å². The van der Waals surface area contributed by atoms with E-state index in [0.717, 1.165) is 12.8 Å². The lowest BCUT2D eigenvalue weighted by Crippen LogP contribution is -2.72. The second-order valence-electron chi connectivity index (χ2n) is 5.01. The summed E-state index contributed by atoms with van der Waals surface area (Å²) in [5.74, 6) is -0.600. The number of rotatable bonds is 5. The molecule has 0 aromatic carbocycles. The molecule has 4 unspecified atom stereocenters. The van der Waals surface area contributed by atoms with Gasteiger partial charge >= 0.3 is 5.97 Å². The molecule has 0 radical (unpaired) electrons. The molecule has 0 spiro atoms. The number of hydrogen-bond donors (Lipinski definition) is 2. The number of nitrogens with two attached hydrogens (primary N) is 1. The van der Waals surface area contributed by atoms with E-state index in [1.54, 1.807) is 0 Å². The smallest absolute Gasteiger partial charge is 0.306 e. The third kappa shape index (κ3) is 3.25. The summed E-state index contributed by atoms with van der Waals surface area (Å²) in [5.41, 5.74) is 5.97. The predicted molar refractivity (Wildman–Crippen MR) is 67.8 cm³/mol. The molecular formula is C11H20N2O5S. The van der Waals surface area contributed by atoms with E-state index < -0.39 is 16.0 Å². The molecule has 1 saturated heterocycles. The van der Waals surface area contributed by atoms with Crippen LogP contribution in [0.2, 0.25) is 0 Å². The lowest BCUT2D eigenvalue weighted by Gasteiger charge is -2.52. The largest absolute Gasteiger partial charge is 0.469 e. The van der Waals surface area contributed by atoms with Crippen molar-refractivity contribution in [1.82, 2.24) is 4.72 Å². The van der Waals surface area contributed by atoms with E-state index in [1.165, 1.54) is 7.11 Å². The first kappa shape index (κ1) is 14.7. The van der Waals surface area contributed by atoms with Gasteiger partial charge in [-0.25, -0.2) is 13.1 Å². The molecule has 4 atom stereocenters. The van der Waals surface area contributed by atoms with Gasteiger partial charge in [-0.2, -0.15) is 0 Å². The topological polar surface area (TPSA) is 108 Å². The number of nitrogens with one attached hydrogen (secondary N) is 1. The van der Waals surface area contributed by atoms with Gasteiger partial charge in [0.2, 0.25) is 10.0 Å². The summed E-state index contributed by atoms with van der Waals surface area (Å²) in [6, 6.07) is -0.592. The van der Waals surface area contributed by atoms with Gasteiger partial charge in [-0.15, -0.1) is 0 Å². The predicted octanol–water partition coefficient (Wildman–Crippen LogP) is -1.03. The van der Waals surface area contributed by atoms with Crippen molar-refractivity contribution in [3.63, 3.8) is 0 Å². The van der Waals surface area contributed by atoms with Crippen molar-refractivity contribution in [2.75, 3.05) is 19.5 Å². The second-order valence-corrected chi connectivity index (χ2v) is 6.88. The summed E-state index contributed by atoms with van der Waals surface area (Å²) < 4.78 is 36.2. The molecule has 1 saturated carbocycles. The molecular weight excluding hydrogens is 272 g/mol. The van der Waals surface area contributed by atoms with Crippen LogP contribution in [0.1, 0.15) is 19.3 Å². The zero-order valence-electron chi connectivity index (χ0n) is 10.9. The Bertz CT molecular complexity index is 438. The van der Waals surface area contributed by atoms with Gasteiger partial charge in [0.25, 0.3) is 0 Å². The van der Waals surface area contributed by atoms with E-state index in [2.05, 4.69) is 9.46 Å². The van der Waals surface area contributed by atoms with E-state index in [9.17, 15) is 13.2 Å². The molecule has 2 rings (SSSR count). The van der Waals surface area contributed by atoms with Crippen molar-refractivity contribution in [2.45, 2.75) is 37.5 Å². The maximum Gasteiger partial charge on any atom is 0.306 e. The fourth-order valence-corrected chi connectivity index (χ4v) is 3.94. The molecule has 1 aliphatic carbocycles. The highest BCUT2D eigenvalue weighted by molar-refractivity contribution is 7.89. The van der Waals surface area contributed by atoms with Gasteiger partial charge < -0.3 is 15.2 Å². The van der Waals surface area contributed by atoms with Crippen LogP contribution in [-0.4, -0.2) is 52.0 Å². The Morgan fingerprint density at radius 1 is 1.53 bits per heavy atom. The molecule has 0 aromatic rings. The SMILES string of the molecule is COC(=O)CCS(=O)(=O)NC1C(N)C2CCCOC21. The summed E-state index contributed by atoms with van der Waals surface area (Å²) in [6.07, 6.45) is 1.66. The Balaban J connectivity index is 1.88. The number of sulfonamides is 1. The maximum absolute atomic E-state index is 11.8. The molecule has 0 bridgehead atoms. The molecule has 8 heteroatoms. The lowest BCUT2D eigenvalue weighted by atomic mass is 9.69. The van der Waals surface area contributed by atoms with E-state index in [0.29, 0.717) is 6.61 Å². The van der Waals surface area contributed by atoms with Crippen LogP contribution in [0.3, 0.4) is 0 Å². The molecule has 3 N–H and O–H groups in total. The standard InChI is InChI=1S/C11H20N2O5S/c1-17-8(14)4-6-19(15,16)13-10-9(12)7-3-2-5-18-11(7)10/h7,9-11,13H,2-6,12H2,1H3. The Labute approximate surface area is 112 Å². The van der Waals surface area contributed by atoms with Crippen molar-refractivity contribution in [3.8, 4) is 0 Å². The summed E-state index contributed by atoms with van der Waals surface area (Å²) in [7, 11) is -2.31. The summed E-state index contributed by atoms with van der Waals surface area (Å²) in [5, 5.41) is 0. The van der Waals surface area contributed by atoms with Gasteiger partial charge in [0.15, 0.2) is 0 Å². The second kappa shape index (κ2) is 5.74. The minimum atomic E-state index is -3.54. The minimum absolute atomic E-state index is 0.128. The first-order valence-electron chi connectivity index (χ1n) is 6.38. The number of methoxy groups -OCH3 is 1. The third-order valence-electron chi connectivity index (χ3n) is 3.80. The fourth-order valence-electron chi connectivity index (χ4n) is 2.68. The van der Waals surface area contributed by atoms with Crippen LogP contribution < -0.4 is 10.5 Å². The zero-order chi connectivity index (χ0) is 14.0. The van der Waals surface area contributed by atoms with E-state index in [1.807, 2.05) is 0 Å². The highest BCUT2D eigenvalue weighted by Gasteiger charge is 2.51. The summed E-state index contributed by atoms with van der Waals surface area (Å²) >= 11 is 0. The first-order chi connectivity index (χ1) is 8.94. The number of esters is 1. The van der Waals surface area contributed by atoms with Crippen molar-refractivity contribution >= 4 is 16.0 Å². The van der Waals surface area contributed by atoms with Crippen LogP contribution in [0.4, 0.5) is 0 Å². The molecule has 1 aliphatic heterocycles. The summed E-state index contributed by atoms with van der Waals surface area (Å²) in [6.45, 7) is 0.647. The Morgan fingerprint density at radius 3 is 2.95 bits per heavy atom. The van der Waals surface area contributed by atoms with Crippen molar-refractivity contribution in [2.24, 2.45) is 11.7 Å². The van der Waals surface area contributed by atoms with Crippen LogP contribution in [-0.2, 0) is 24.3 Å². The quantitative estimate of drug-likeness (QED) is 0.628. The molecule has 1 heterocycles. The molecule has 7 nitrogen and oxygen atoms in total. The zero-order valence-corrected chi connectivity index (χ0v) is 11.7. The Morgan fingerprint density at radius 2 is 2.26 bits per heavy atom. The van der Waals surface area contributed by atoms with E-state index >= 15 is 0 Å². The maximum atomic E-state index is 11.8. The molecule has 19 heavy (non-hydrogen) atoms. The molecule has 0 aromatic heterocycles. The van der Waals surface area contributed by atoms with E-state index in [4.69, 9.17) is 10.5 Å². The van der Waals surface area contributed by atoms with Crippen LogP contribution >= 0.6 is 0 Å². The highest BCUT2D eigenvalue weighted by Crippen LogP contribution is 2.37. The average Bonchev–Trinajstić information content (AvgIpc) is 2.42. The van der Waals surface area contributed by atoms with Crippen LogP contribution in [0, 0.1) is 5.92 Å². The third-order valence-corrected chi connectivity index (χ3v) is 5.17. The van der Waals surface area contributed by atoms with Gasteiger partial charge in [0, 0.05) is 18.6 Å². The van der Waals surface area contributed by atoms with E-state index in [-0.39, 0.29) is 36.3 Å². The number of carbonyl (C=O) groups excluding carboxylic acids is 1. The molecule has 2 aliphatic rings. The number of hydrogen-bond acceptors (Lipinski definition) is 6. The van der Waals surface area contributed by atoms with Crippen molar-refractivity contribution < 1.29 is 22.7 Å². The van der Waals surface area contributed by atoms with Crippen LogP contribution in [0.15, 0.2) is 0 Å². The van der Waals surface area contributed by atoms with Gasteiger partial charge in [-0.3, -0.25) is 4.79 Å². The Kier molecular flexibility index (Phi) is 4.44. The van der Waals surface area contributed by atoms with Crippen LogP contribution in [0.5, 0.6) is 0 Å². The number of ether oxygens (including phenoxy) is 2. The van der Waals surface area contributed by atoms with Gasteiger partial charge in [0.1, 0.15) is 0 Å². The average molecular weight is 292 g/mol. The molecule has 0 amide bonds. The fraction of sp³-hybridized carbons (Fsp3) is 0.909. The summed E-state index contributed by atoms with van der Waals surface area (Å²) in [4.78, 5) is 11.0. The molecule has 2 fully saturated rings. The number of fused-ring (bicyclic) bond motifs is 1. The van der Waals surface area contributed by atoms with Gasteiger partial charge in [0.05, 0.1) is 31.4 Å². The first-order valence-corrected chi connectivity index (χ1v) is 8.04. The lowest BCUT2D eigenvalue weighted by molar-refractivity contribution is -0.140. The van der Waals surface area contributed by atoms with Crippen molar-refractivity contribution in [3.05, 3.63) is 0 Å². The number of carbonyl (C=O) groups is 1.